The van der Waals surface area contributed by atoms with Gasteiger partial charge in [-0.25, -0.2) is 9.97 Å². The summed E-state index contributed by atoms with van der Waals surface area (Å²) in [5.41, 5.74) is 6.52. The van der Waals surface area contributed by atoms with Crippen LogP contribution in [-0.4, -0.2) is 27.4 Å². The lowest BCUT2D eigenvalue weighted by Gasteiger charge is -2.27. The van der Waals surface area contributed by atoms with Crippen molar-refractivity contribution in [3.05, 3.63) is 54.4 Å². The molecular formula is C14H17N3OS. The average Bonchev–Trinajstić information content (AvgIpc) is 2.49. The highest BCUT2D eigenvalue weighted by atomic mass is 32.2. The lowest BCUT2D eigenvalue weighted by molar-refractivity contribution is 0.193. The Bertz CT molecular complexity index is 495. The molecule has 1 aromatic heterocycles. The second-order valence-corrected chi connectivity index (χ2v) is 5.37. The molecule has 1 heterocycles. The van der Waals surface area contributed by atoms with E-state index in [1.54, 1.807) is 30.2 Å². The van der Waals surface area contributed by atoms with Gasteiger partial charge in [0.15, 0.2) is 5.16 Å². The summed E-state index contributed by atoms with van der Waals surface area (Å²) in [6.45, 7) is -0.0762. The van der Waals surface area contributed by atoms with E-state index >= 15 is 0 Å². The summed E-state index contributed by atoms with van der Waals surface area (Å²) in [5.74, 6) is 0.760. The molecule has 0 spiro atoms. The Morgan fingerprint density at radius 1 is 1.11 bits per heavy atom. The van der Waals surface area contributed by atoms with E-state index in [4.69, 9.17) is 5.73 Å². The van der Waals surface area contributed by atoms with Crippen molar-refractivity contribution in [3.8, 4) is 0 Å². The third kappa shape index (κ3) is 3.76. The van der Waals surface area contributed by atoms with E-state index in [-0.39, 0.29) is 6.61 Å². The summed E-state index contributed by atoms with van der Waals surface area (Å²) in [7, 11) is 0. The summed E-state index contributed by atoms with van der Waals surface area (Å²) in [4.78, 5) is 8.29. The standard InChI is InChI=1S/C14H17N3OS/c15-14(11-18,12-5-2-1-3-6-12)7-10-19-13-16-8-4-9-17-13/h1-6,8-9,18H,7,10-11,15H2. The van der Waals surface area contributed by atoms with E-state index in [2.05, 4.69) is 9.97 Å². The molecule has 0 amide bonds. The van der Waals surface area contributed by atoms with E-state index in [1.807, 2.05) is 30.3 Å². The lowest BCUT2D eigenvalue weighted by atomic mass is 9.89. The number of benzene rings is 1. The number of nitrogens with zero attached hydrogens (tertiary/aromatic N) is 2. The first kappa shape index (κ1) is 14.0. The van der Waals surface area contributed by atoms with Crippen molar-refractivity contribution in [2.24, 2.45) is 5.73 Å². The van der Waals surface area contributed by atoms with E-state index in [9.17, 15) is 5.11 Å². The fraction of sp³-hybridized carbons (Fsp3) is 0.286. The minimum absolute atomic E-state index is 0.0762. The molecule has 4 nitrogen and oxygen atoms in total. The van der Waals surface area contributed by atoms with E-state index in [1.165, 1.54) is 0 Å². The van der Waals surface area contributed by atoms with Gasteiger partial charge in [-0.05, 0) is 18.1 Å². The Morgan fingerprint density at radius 2 is 1.79 bits per heavy atom. The van der Waals surface area contributed by atoms with Crippen LogP contribution in [0.25, 0.3) is 0 Å². The molecule has 0 aliphatic carbocycles. The van der Waals surface area contributed by atoms with Crippen molar-refractivity contribution < 1.29 is 5.11 Å². The molecule has 100 valence electrons. The van der Waals surface area contributed by atoms with Gasteiger partial charge < -0.3 is 10.8 Å². The summed E-state index contributed by atoms with van der Waals surface area (Å²) >= 11 is 1.54. The summed E-state index contributed by atoms with van der Waals surface area (Å²) < 4.78 is 0. The molecule has 1 atom stereocenters. The molecular weight excluding hydrogens is 258 g/mol. The monoisotopic (exact) mass is 275 g/mol. The fourth-order valence-electron chi connectivity index (χ4n) is 1.77. The van der Waals surface area contributed by atoms with Crippen LogP contribution in [0.1, 0.15) is 12.0 Å². The lowest BCUT2D eigenvalue weighted by Crippen LogP contribution is -2.41. The van der Waals surface area contributed by atoms with Crippen molar-refractivity contribution in [2.75, 3.05) is 12.4 Å². The maximum absolute atomic E-state index is 9.57. The molecule has 0 saturated carbocycles. The van der Waals surface area contributed by atoms with Crippen LogP contribution in [0, 0.1) is 0 Å². The normalized spacial score (nSPS) is 14.0. The van der Waals surface area contributed by atoms with Crippen molar-refractivity contribution >= 4 is 11.8 Å². The van der Waals surface area contributed by atoms with E-state index in [0.717, 1.165) is 16.5 Å². The minimum Gasteiger partial charge on any atom is -0.394 e. The van der Waals surface area contributed by atoms with Gasteiger partial charge in [0.1, 0.15) is 0 Å². The maximum atomic E-state index is 9.57. The number of thioether (sulfide) groups is 1. The van der Waals surface area contributed by atoms with Gasteiger partial charge in [0.05, 0.1) is 12.1 Å². The Morgan fingerprint density at radius 3 is 2.42 bits per heavy atom. The molecule has 0 bridgehead atoms. The topological polar surface area (TPSA) is 72.0 Å². The Balaban J connectivity index is 1.96. The van der Waals surface area contributed by atoms with E-state index in [0.29, 0.717) is 6.42 Å². The van der Waals surface area contributed by atoms with Gasteiger partial charge in [0.2, 0.25) is 0 Å². The predicted molar refractivity (Wildman–Crippen MR) is 76.8 cm³/mol. The maximum Gasteiger partial charge on any atom is 0.187 e. The smallest absolute Gasteiger partial charge is 0.187 e. The molecule has 2 aromatic rings. The van der Waals surface area contributed by atoms with Crippen LogP contribution in [0.5, 0.6) is 0 Å². The highest BCUT2D eigenvalue weighted by Crippen LogP contribution is 2.25. The fourth-order valence-corrected chi connectivity index (χ4v) is 2.69. The molecule has 19 heavy (non-hydrogen) atoms. The zero-order valence-corrected chi connectivity index (χ0v) is 11.4. The van der Waals surface area contributed by atoms with Gasteiger partial charge in [-0.2, -0.15) is 0 Å². The highest BCUT2D eigenvalue weighted by molar-refractivity contribution is 7.99. The van der Waals surface area contributed by atoms with Crippen molar-refractivity contribution in [3.63, 3.8) is 0 Å². The molecule has 0 radical (unpaired) electrons. The van der Waals surface area contributed by atoms with E-state index < -0.39 is 5.54 Å². The van der Waals surface area contributed by atoms with Crippen LogP contribution < -0.4 is 5.73 Å². The second-order valence-electron chi connectivity index (χ2n) is 4.31. The van der Waals surface area contributed by atoms with Gasteiger partial charge >= 0.3 is 0 Å². The third-order valence-corrected chi connectivity index (χ3v) is 3.83. The largest absolute Gasteiger partial charge is 0.394 e. The minimum atomic E-state index is -0.705. The van der Waals surface area contributed by atoms with Crippen LogP contribution in [-0.2, 0) is 5.54 Å². The molecule has 1 unspecified atom stereocenters. The first-order valence-electron chi connectivity index (χ1n) is 6.10. The second kappa shape index (κ2) is 6.65. The molecule has 0 fully saturated rings. The predicted octanol–water partition coefficient (Wildman–Crippen LogP) is 1.81. The number of rotatable bonds is 6. The number of aliphatic hydroxyl groups excluding tert-OH is 1. The van der Waals surface area contributed by atoms with Crippen molar-refractivity contribution in [1.29, 1.82) is 0 Å². The summed E-state index contributed by atoms with van der Waals surface area (Å²) in [5, 5.41) is 10.3. The average molecular weight is 275 g/mol. The van der Waals surface area contributed by atoms with Gasteiger partial charge in [-0.3, -0.25) is 0 Å². The van der Waals surface area contributed by atoms with Crippen LogP contribution >= 0.6 is 11.8 Å². The highest BCUT2D eigenvalue weighted by Gasteiger charge is 2.25. The summed E-state index contributed by atoms with van der Waals surface area (Å²) in [6.07, 6.45) is 4.10. The Kier molecular flexibility index (Phi) is 4.90. The van der Waals surface area contributed by atoms with Crippen LogP contribution in [0.2, 0.25) is 0 Å². The zero-order valence-electron chi connectivity index (χ0n) is 10.6. The number of hydrogen-bond acceptors (Lipinski definition) is 5. The SMILES string of the molecule is NC(CO)(CCSc1ncccn1)c1ccccc1. The van der Waals surface area contributed by atoms with Crippen LogP contribution in [0.3, 0.4) is 0 Å². The first-order valence-corrected chi connectivity index (χ1v) is 7.08. The molecule has 3 N–H and O–H groups in total. The quantitative estimate of drug-likeness (QED) is 0.621. The number of aliphatic hydroxyl groups is 1. The number of aromatic nitrogens is 2. The molecule has 0 saturated heterocycles. The van der Waals surface area contributed by atoms with Gasteiger partial charge in [-0.15, -0.1) is 0 Å². The summed E-state index contributed by atoms with van der Waals surface area (Å²) in [6, 6.07) is 11.5. The van der Waals surface area contributed by atoms with Gasteiger partial charge in [0.25, 0.3) is 0 Å². The molecule has 2 rings (SSSR count). The Labute approximate surface area is 117 Å². The molecule has 1 aromatic carbocycles. The number of nitrogens with two attached hydrogens (primary N) is 1. The van der Waals surface area contributed by atoms with Gasteiger partial charge in [0, 0.05) is 18.1 Å². The first-order chi connectivity index (χ1) is 9.24. The van der Waals surface area contributed by atoms with Crippen molar-refractivity contribution in [2.45, 2.75) is 17.1 Å². The third-order valence-electron chi connectivity index (χ3n) is 2.95. The van der Waals surface area contributed by atoms with Crippen LogP contribution in [0.4, 0.5) is 0 Å². The number of hydrogen-bond donors (Lipinski definition) is 2. The Hall–Kier alpha value is -1.43. The zero-order chi connectivity index (χ0) is 13.6. The van der Waals surface area contributed by atoms with Gasteiger partial charge in [-0.1, -0.05) is 42.1 Å². The van der Waals surface area contributed by atoms with Crippen molar-refractivity contribution in [1.82, 2.24) is 9.97 Å². The van der Waals surface area contributed by atoms with Crippen LogP contribution in [0.15, 0.2) is 53.9 Å². The molecule has 0 aliphatic heterocycles. The molecule has 5 heteroatoms. The molecule has 0 aliphatic rings.